The maximum atomic E-state index is 13.2. The van der Waals surface area contributed by atoms with Crippen molar-refractivity contribution in [1.29, 1.82) is 0 Å². The van der Waals surface area contributed by atoms with Gasteiger partial charge in [-0.3, -0.25) is 9.59 Å². The molecule has 3 aromatic rings. The molecule has 0 radical (unpaired) electrons. The number of methoxy groups -OCH3 is 1. The Labute approximate surface area is 205 Å². The third-order valence-electron chi connectivity index (χ3n) is 5.13. The number of sulfone groups is 1. The average Bonchev–Trinajstić information content (AvgIpc) is 2.77. The van der Waals surface area contributed by atoms with Crippen LogP contribution in [0.3, 0.4) is 0 Å². The van der Waals surface area contributed by atoms with Gasteiger partial charge in [0.1, 0.15) is 33.7 Å². The van der Waals surface area contributed by atoms with Gasteiger partial charge in [-0.05, 0) is 59.0 Å². The van der Waals surface area contributed by atoms with Crippen molar-refractivity contribution < 1.29 is 27.5 Å². The largest absolute Gasteiger partial charge is 0.497 e. The van der Waals surface area contributed by atoms with Crippen molar-refractivity contribution in [2.75, 3.05) is 12.9 Å². The maximum Gasteiger partial charge on any atom is 0.248 e. The first kappa shape index (κ1) is 26.0. The van der Waals surface area contributed by atoms with Gasteiger partial charge in [-0.15, -0.1) is 0 Å². The third kappa shape index (κ3) is 6.93. The molecule has 0 aliphatic carbocycles. The second-order valence-electron chi connectivity index (χ2n) is 9.42. The molecule has 8 heteroatoms. The van der Waals surface area contributed by atoms with E-state index in [4.69, 9.17) is 15.2 Å². The number of primary amides is 1. The van der Waals surface area contributed by atoms with Crippen LogP contribution in [0.5, 0.6) is 17.2 Å². The SMILES string of the molecule is COc1ccc(-c2cccc(Oc3ccc(C(N)=O)cc3S(=O)(=O)CC(=O)CC(C)(C)C)c2)cc1. The molecule has 0 heterocycles. The molecule has 184 valence electrons. The number of ether oxygens (including phenoxy) is 2. The summed E-state index contributed by atoms with van der Waals surface area (Å²) in [5.41, 5.74) is 6.78. The Hall–Kier alpha value is -3.65. The Kier molecular flexibility index (Phi) is 7.65. The van der Waals surface area contributed by atoms with E-state index in [2.05, 4.69) is 0 Å². The van der Waals surface area contributed by atoms with E-state index in [1.54, 1.807) is 25.3 Å². The summed E-state index contributed by atoms with van der Waals surface area (Å²) >= 11 is 0. The van der Waals surface area contributed by atoms with Crippen LogP contribution in [0.25, 0.3) is 11.1 Å². The van der Waals surface area contributed by atoms with E-state index in [1.807, 2.05) is 51.1 Å². The maximum absolute atomic E-state index is 13.2. The number of benzene rings is 3. The second kappa shape index (κ2) is 10.3. The van der Waals surface area contributed by atoms with Crippen LogP contribution >= 0.6 is 0 Å². The summed E-state index contributed by atoms with van der Waals surface area (Å²) < 4.78 is 37.5. The van der Waals surface area contributed by atoms with Crippen molar-refractivity contribution in [3.63, 3.8) is 0 Å². The number of rotatable bonds is 9. The van der Waals surface area contributed by atoms with E-state index in [-0.39, 0.29) is 28.0 Å². The fourth-order valence-corrected chi connectivity index (χ4v) is 4.97. The van der Waals surface area contributed by atoms with Gasteiger partial charge in [0.05, 0.1) is 7.11 Å². The summed E-state index contributed by atoms with van der Waals surface area (Å²) in [6.07, 6.45) is 0.0990. The summed E-state index contributed by atoms with van der Waals surface area (Å²) in [6, 6.07) is 18.5. The normalized spacial score (nSPS) is 11.7. The molecule has 0 saturated carbocycles. The van der Waals surface area contributed by atoms with E-state index >= 15 is 0 Å². The topological polar surface area (TPSA) is 113 Å². The molecule has 3 aromatic carbocycles. The highest BCUT2D eigenvalue weighted by molar-refractivity contribution is 7.92. The van der Waals surface area contributed by atoms with Crippen molar-refractivity contribution >= 4 is 21.5 Å². The monoisotopic (exact) mass is 495 g/mol. The fourth-order valence-electron chi connectivity index (χ4n) is 3.57. The summed E-state index contributed by atoms with van der Waals surface area (Å²) in [7, 11) is -2.51. The highest BCUT2D eigenvalue weighted by Gasteiger charge is 2.27. The first-order valence-electron chi connectivity index (χ1n) is 11.0. The van der Waals surface area contributed by atoms with Gasteiger partial charge in [-0.1, -0.05) is 45.0 Å². The highest BCUT2D eigenvalue weighted by Crippen LogP contribution is 2.33. The van der Waals surface area contributed by atoms with E-state index in [0.717, 1.165) is 22.9 Å². The number of carbonyl (C=O) groups is 2. The first-order chi connectivity index (χ1) is 16.4. The highest BCUT2D eigenvalue weighted by atomic mass is 32.2. The minimum Gasteiger partial charge on any atom is -0.497 e. The lowest BCUT2D eigenvalue weighted by Crippen LogP contribution is -2.22. The van der Waals surface area contributed by atoms with Crippen molar-refractivity contribution in [2.45, 2.75) is 32.1 Å². The summed E-state index contributed by atoms with van der Waals surface area (Å²) in [5.74, 6) is -0.779. The van der Waals surface area contributed by atoms with Crippen LogP contribution in [-0.2, 0) is 14.6 Å². The lowest BCUT2D eigenvalue weighted by atomic mass is 9.90. The molecule has 0 unspecified atom stereocenters. The predicted octanol–water partition coefficient (Wildman–Crippen LogP) is 5.03. The van der Waals surface area contributed by atoms with Gasteiger partial charge in [0, 0.05) is 12.0 Å². The Morgan fingerprint density at radius 1 is 0.886 bits per heavy atom. The van der Waals surface area contributed by atoms with E-state index < -0.39 is 27.3 Å². The average molecular weight is 496 g/mol. The molecule has 0 aliphatic rings. The zero-order valence-corrected chi connectivity index (χ0v) is 21.0. The van der Waals surface area contributed by atoms with Gasteiger partial charge in [0.2, 0.25) is 5.91 Å². The zero-order valence-electron chi connectivity index (χ0n) is 20.2. The van der Waals surface area contributed by atoms with E-state index in [9.17, 15) is 18.0 Å². The number of hydrogen-bond donors (Lipinski definition) is 1. The molecular weight excluding hydrogens is 466 g/mol. The van der Waals surface area contributed by atoms with Crippen LogP contribution in [0, 0.1) is 5.41 Å². The predicted molar refractivity (Wildman–Crippen MR) is 135 cm³/mol. The molecule has 0 aromatic heterocycles. The number of ketones is 1. The Bertz CT molecular complexity index is 1340. The second-order valence-corrected chi connectivity index (χ2v) is 11.4. The molecule has 0 saturated heterocycles. The minimum absolute atomic E-state index is 0.00504. The molecule has 0 atom stereocenters. The Morgan fingerprint density at radius 3 is 2.17 bits per heavy atom. The van der Waals surface area contributed by atoms with Crippen LogP contribution in [0.15, 0.2) is 71.6 Å². The molecule has 1 amide bonds. The molecule has 35 heavy (non-hydrogen) atoms. The number of hydrogen-bond acceptors (Lipinski definition) is 6. The van der Waals surface area contributed by atoms with Crippen LogP contribution in [0.2, 0.25) is 0 Å². The van der Waals surface area contributed by atoms with Gasteiger partial charge < -0.3 is 15.2 Å². The third-order valence-corrected chi connectivity index (χ3v) is 6.82. The van der Waals surface area contributed by atoms with Crippen molar-refractivity contribution in [1.82, 2.24) is 0 Å². The van der Waals surface area contributed by atoms with Gasteiger partial charge in [-0.2, -0.15) is 0 Å². The number of nitrogens with two attached hydrogens (primary N) is 1. The summed E-state index contributed by atoms with van der Waals surface area (Å²) in [4.78, 5) is 23.9. The van der Waals surface area contributed by atoms with E-state index in [1.165, 1.54) is 12.1 Å². The fraction of sp³-hybridized carbons (Fsp3) is 0.259. The van der Waals surface area contributed by atoms with E-state index in [0.29, 0.717) is 5.75 Å². The van der Waals surface area contributed by atoms with Crippen molar-refractivity contribution in [2.24, 2.45) is 11.1 Å². The van der Waals surface area contributed by atoms with Crippen molar-refractivity contribution in [3.05, 3.63) is 72.3 Å². The molecule has 7 nitrogen and oxygen atoms in total. The Morgan fingerprint density at radius 2 is 1.57 bits per heavy atom. The lowest BCUT2D eigenvalue weighted by molar-refractivity contribution is -0.118. The molecule has 2 N–H and O–H groups in total. The van der Waals surface area contributed by atoms with Gasteiger partial charge in [0.15, 0.2) is 9.84 Å². The molecule has 0 spiro atoms. The van der Waals surface area contributed by atoms with Crippen LogP contribution < -0.4 is 15.2 Å². The number of amides is 1. The lowest BCUT2D eigenvalue weighted by Gasteiger charge is -2.17. The minimum atomic E-state index is -4.10. The van der Waals surface area contributed by atoms with Crippen molar-refractivity contribution in [3.8, 4) is 28.4 Å². The van der Waals surface area contributed by atoms with Gasteiger partial charge in [-0.25, -0.2) is 8.42 Å². The molecular formula is C27H29NO6S. The quantitative estimate of drug-likeness (QED) is 0.445. The van der Waals surface area contributed by atoms with Crippen LogP contribution in [-0.4, -0.2) is 33.0 Å². The molecule has 3 rings (SSSR count). The first-order valence-corrected chi connectivity index (χ1v) is 12.6. The van der Waals surface area contributed by atoms with Gasteiger partial charge >= 0.3 is 0 Å². The molecule has 0 fully saturated rings. The Balaban J connectivity index is 1.96. The molecule has 0 aliphatic heterocycles. The van der Waals surface area contributed by atoms with Gasteiger partial charge in [0.25, 0.3) is 0 Å². The van der Waals surface area contributed by atoms with Crippen LogP contribution in [0.1, 0.15) is 37.6 Å². The standard InChI is InChI=1S/C27H29NO6S/c1-27(2,3)16-21(29)17-35(31,32)25-15-20(26(28)30)10-13-24(25)34-23-7-5-6-19(14-23)18-8-11-22(33-4)12-9-18/h5-15H,16-17H2,1-4H3,(H2,28,30). The smallest absolute Gasteiger partial charge is 0.248 e. The summed E-state index contributed by atoms with van der Waals surface area (Å²) in [6.45, 7) is 5.57. The number of Topliss-reactive ketones (excluding diaryl/α,β-unsaturated/α-hetero) is 1. The van der Waals surface area contributed by atoms with Crippen LogP contribution in [0.4, 0.5) is 0 Å². The number of carbonyl (C=O) groups excluding carboxylic acids is 2. The zero-order chi connectivity index (χ0) is 25.8. The summed E-state index contributed by atoms with van der Waals surface area (Å²) in [5, 5.41) is 0. The molecule has 0 bridgehead atoms.